The summed E-state index contributed by atoms with van der Waals surface area (Å²) < 4.78 is 0. The van der Waals surface area contributed by atoms with Crippen molar-refractivity contribution in [2.75, 3.05) is 7.05 Å². The SMILES string of the molecule is CC(C)[C@H](C)C(=O)N(C)[C@@H](C)C(C)C. The van der Waals surface area contributed by atoms with Gasteiger partial charge in [0.2, 0.25) is 5.91 Å². The first kappa shape index (κ1) is 13.5. The molecule has 0 aromatic rings. The zero-order valence-electron chi connectivity index (χ0n) is 10.7. The van der Waals surface area contributed by atoms with E-state index in [0.29, 0.717) is 17.9 Å². The molecular formula is C12H25NO. The van der Waals surface area contributed by atoms with Gasteiger partial charge in [-0.15, -0.1) is 0 Å². The molecule has 0 fully saturated rings. The van der Waals surface area contributed by atoms with Crippen LogP contribution in [0.3, 0.4) is 0 Å². The summed E-state index contributed by atoms with van der Waals surface area (Å²) in [5.41, 5.74) is 0. The molecule has 14 heavy (non-hydrogen) atoms. The van der Waals surface area contributed by atoms with E-state index in [-0.39, 0.29) is 11.8 Å². The molecule has 0 saturated carbocycles. The second-order valence-electron chi connectivity index (χ2n) is 4.97. The predicted molar refractivity (Wildman–Crippen MR) is 61.1 cm³/mol. The highest BCUT2D eigenvalue weighted by atomic mass is 16.2. The van der Waals surface area contributed by atoms with Gasteiger partial charge in [0.05, 0.1) is 0 Å². The fraction of sp³-hybridized carbons (Fsp3) is 0.917. The van der Waals surface area contributed by atoms with Gasteiger partial charge >= 0.3 is 0 Å². The molecule has 1 amide bonds. The molecule has 0 N–H and O–H groups in total. The number of carbonyl (C=O) groups is 1. The molecule has 0 aliphatic rings. The minimum Gasteiger partial charge on any atom is -0.343 e. The Bertz CT molecular complexity index is 187. The topological polar surface area (TPSA) is 20.3 Å². The maximum absolute atomic E-state index is 12.0. The standard InChI is InChI=1S/C12H25NO/c1-8(2)10(5)12(14)13(7)11(6)9(3)4/h8-11H,1-7H3/t10-,11-/m0/s1. The average molecular weight is 199 g/mol. The van der Waals surface area contributed by atoms with Crippen LogP contribution in [0.5, 0.6) is 0 Å². The maximum Gasteiger partial charge on any atom is 0.225 e. The Labute approximate surface area is 88.7 Å². The Morgan fingerprint density at radius 1 is 0.929 bits per heavy atom. The molecule has 0 unspecified atom stereocenters. The van der Waals surface area contributed by atoms with Crippen molar-refractivity contribution in [1.82, 2.24) is 4.90 Å². The minimum absolute atomic E-state index is 0.126. The lowest BCUT2D eigenvalue weighted by atomic mass is 9.95. The van der Waals surface area contributed by atoms with E-state index in [4.69, 9.17) is 0 Å². The highest BCUT2D eigenvalue weighted by Gasteiger charge is 2.24. The van der Waals surface area contributed by atoms with Gasteiger partial charge in [-0.3, -0.25) is 4.79 Å². The summed E-state index contributed by atoms with van der Waals surface area (Å²) >= 11 is 0. The maximum atomic E-state index is 12.0. The third-order valence-corrected chi connectivity index (χ3v) is 3.31. The van der Waals surface area contributed by atoms with Gasteiger partial charge in [0.25, 0.3) is 0 Å². The predicted octanol–water partition coefficient (Wildman–Crippen LogP) is 2.78. The molecule has 0 aromatic heterocycles. The fourth-order valence-corrected chi connectivity index (χ4v) is 1.25. The van der Waals surface area contributed by atoms with E-state index < -0.39 is 0 Å². The number of carbonyl (C=O) groups excluding carboxylic acids is 1. The van der Waals surface area contributed by atoms with Crippen molar-refractivity contribution in [2.45, 2.75) is 47.6 Å². The molecular weight excluding hydrogens is 174 g/mol. The van der Waals surface area contributed by atoms with Crippen molar-refractivity contribution < 1.29 is 4.79 Å². The zero-order chi connectivity index (χ0) is 11.5. The summed E-state index contributed by atoms with van der Waals surface area (Å²) in [6, 6.07) is 0.323. The summed E-state index contributed by atoms with van der Waals surface area (Å²) in [6.07, 6.45) is 0. The minimum atomic E-state index is 0.126. The molecule has 2 atom stereocenters. The van der Waals surface area contributed by atoms with E-state index in [2.05, 4.69) is 34.6 Å². The number of rotatable bonds is 4. The van der Waals surface area contributed by atoms with Crippen LogP contribution in [0.2, 0.25) is 0 Å². The average Bonchev–Trinajstić information content (AvgIpc) is 2.12. The first-order valence-electron chi connectivity index (χ1n) is 5.55. The van der Waals surface area contributed by atoms with Crippen LogP contribution in [0.4, 0.5) is 0 Å². The monoisotopic (exact) mass is 199 g/mol. The van der Waals surface area contributed by atoms with Crippen molar-refractivity contribution >= 4 is 5.91 Å². The summed E-state index contributed by atoms with van der Waals surface area (Å²) in [4.78, 5) is 13.8. The Morgan fingerprint density at radius 3 is 1.64 bits per heavy atom. The first-order chi connectivity index (χ1) is 6.29. The van der Waals surface area contributed by atoms with Crippen molar-refractivity contribution in [3.8, 4) is 0 Å². The number of nitrogens with zero attached hydrogens (tertiary/aromatic N) is 1. The van der Waals surface area contributed by atoms with Gasteiger partial charge in [0, 0.05) is 19.0 Å². The molecule has 0 aliphatic heterocycles. The smallest absolute Gasteiger partial charge is 0.225 e. The van der Waals surface area contributed by atoms with Crippen LogP contribution >= 0.6 is 0 Å². The van der Waals surface area contributed by atoms with Gasteiger partial charge < -0.3 is 4.90 Å². The highest BCUT2D eigenvalue weighted by Crippen LogP contribution is 2.16. The molecule has 0 spiro atoms. The van der Waals surface area contributed by atoms with Gasteiger partial charge in [0.1, 0.15) is 0 Å². The van der Waals surface area contributed by atoms with E-state index >= 15 is 0 Å². The summed E-state index contributed by atoms with van der Waals surface area (Å²) in [5, 5.41) is 0. The van der Waals surface area contributed by atoms with Crippen molar-refractivity contribution in [1.29, 1.82) is 0 Å². The number of amides is 1. The van der Waals surface area contributed by atoms with Gasteiger partial charge in [-0.2, -0.15) is 0 Å². The second kappa shape index (κ2) is 5.38. The van der Waals surface area contributed by atoms with E-state index in [1.165, 1.54) is 0 Å². The van der Waals surface area contributed by atoms with Crippen LogP contribution in [-0.2, 0) is 4.79 Å². The molecule has 0 radical (unpaired) electrons. The molecule has 0 heterocycles. The van der Waals surface area contributed by atoms with E-state index in [0.717, 1.165) is 0 Å². The quantitative estimate of drug-likeness (QED) is 0.682. The number of hydrogen-bond donors (Lipinski definition) is 0. The van der Waals surface area contributed by atoms with Crippen molar-refractivity contribution in [3.63, 3.8) is 0 Å². The van der Waals surface area contributed by atoms with Gasteiger partial charge in [0.15, 0.2) is 0 Å². The normalized spacial score (nSPS) is 15.8. The molecule has 0 rings (SSSR count). The molecule has 2 nitrogen and oxygen atoms in total. The van der Waals surface area contributed by atoms with E-state index in [1.807, 2.05) is 18.9 Å². The zero-order valence-corrected chi connectivity index (χ0v) is 10.7. The third kappa shape index (κ3) is 3.32. The van der Waals surface area contributed by atoms with E-state index in [9.17, 15) is 4.79 Å². The second-order valence-corrected chi connectivity index (χ2v) is 4.97. The van der Waals surface area contributed by atoms with Gasteiger partial charge in [-0.25, -0.2) is 0 Å². The summed E-state index contributed by atoms with van der Waals surface area (Å²) in [7, 11) is 1.91. The van der Waals surface area contributed by atoms with Crippen LogP contribution in [0.25, 0.3) is 0 Å². The van der Waals surface area contributed by atoms with Crippen LogP contribution in [0, 0.1) is 17.8 Å². The van der Waals surface area contributed by atoms with Gasteiger partial charge in [-0.1, -0.05) is 34.6 Å². The molecule has 0 bridgehead atoms. The van der Waals surface area contributed by atoms with Crippen molar-refractivity contribution in [3.05, 3.63) is 0 Å². The van der Waals surface area contributed by atoms with Gasteiger partial charge in [-0.05, 0) is 18.8 Å². The molecule has 0 aliphatic carbocycles. The highest BCUT2D eigenvalue weighted by molar-refractivity contribution is 5.78. The lowest BCUT2D eigenvalue weighted by molar-refractivity contribution is -0.137. The van der Waals surface area contributed by atoms with Crippen molar-refractivity contribution in [2.24, 2.45) is 17.8 Å². The molecule has 2 heteroatoms. The van der Waals surface area contributed by atoms with Crippen LogP contribution in [0.1, 0.15) is 41.5 Å². The van der Waals surface area contributed by atoms with Crippen LogP contribution in [-0.4, -0.2) is 23.9 Å². The fourth-order valence-electron chi connectivity index (χ4n) is 1.25. The van der Waals surface area contributed by atoms with Crippen LogP contribution < -0.4 is 0 Å². The molecule has 0 aromatic carbocycles. The lowest BCUT2D eigenvalue weighted by Crippen LogP contribution is -2.42. The van der Waals surface area contributed by atoms with E-state index in [1.54, 1.807) is 0 Å². The number of hydrogen-bond acceptors (Lipinski definition) is 1. The Morgan fingerprint density at radius 2 is 1.36 bits per heavy atom. The lowest BCUT2D eigenvalue weighted by Gasteiger charge is -2.31. The van der Waals surface area contributed by atoms with Crippen LogP contribution in [0.15, 0.2) is 0 Å². The first-order valence-corrected chi connectivity index (χ1v) is 5.55. The Balaban J connectivity index is 4.39. The summed E-state index contributed by atoms with van der Waals surface area (Å²) in [5.74, 6) is 1.33. The largest absolute Gasteiger partial charge is 0.343 e. The summed E-state index contributed by atoms with van der Waals surface area (Å²) in [6.45, 7) is 12.6. The third-order valence-electron chi connectivity index (χ3n) is 3.31. The molecule has 84 valence electrons. The Hall–Kier alpha value is -0.530. The molecule has 0 saturated heterocycles. The Kier molecular flexibility index (Phi) is 5.17.